The molecule has 98 valence electrons. The van der Waals surface area contributed by atoms with Crippen molar-refractivity contribution in [3.05, 3.63) is 52.4 Å². The first-order chi connectivity index (χ1) is 9.19. The molecule has 5 nitrogen and oxygen atoms in total. The molecule has 0 aromatic carbocycles. The van der Waals surface area contributed by atoms with Gasteiger partial charge in [-0.15, -0.1) is 11.8 Å². The van der Waals surface area contributed by atoms with Gasteiger partial charge in [-0.2, -0.15) is 0 Å². The van der Waals surface area contributed by atoms with E-state index in [9.17, 15) is 4.79 Å². The predicted molar refractivity (Wildman–Crippen MR) is 77.4 cm³/mol. The van der Waals surface area contributed by atoms with Crippen LogP contribution in [0.2, 0.25) is 0 Å². The molecule has 0 radical (unpaired) electrons. The minimum absolute atomic E-state index is 0.310. The van der Waals surface area contributed by atoms with Gasteiger partial charge in [0.25, 0.3) is 5.91 Å². The Morgan fingerprint density at radius 2 is 2.21 bits per heavy atom. The van der Waals surface area contributed by atoms with Gasteiger partial charge in [-0.05, 0) is 40.2 Å². The number of aromatic nitrogens is 2. The number of nitrogens with zero attached hydrogens (tertiary/aromatic N) is 2. The first-order valence-electron chi connectivity index (χ1n) is 5.40. The SMILES string of the molecule is NNC(=O)c1cccc(CSc2ccc(Br)cn2)n1. The third-order valence-electron chi connectivity index (χ3n) is 2.24. The van der Waals surface area contributed by atoms with Crippen molar-refractivity contribution < 1.29 is 4.79 Å². The summed E-state index contributed by atoms with van der Waals surface area (Å²) in [6.45, 7) is 0. The molecule has 0 unspecified atom stereocenters. The lowest BCUT2D eigenvalue weighted by atomic mass is 10.3. The standard InChI is InChI=1S/C12H11BrN4OS/c13-8-4-5-11(15-6-8)19-7-9-2-1-3-10(16-9)12(18)17-14/h1-6H,7,14H2,(H,17,18). The van der Waals surface area contributed by atoms with Gasteiger partial charge in [-0.1, -0.05) is 6.07 Å². The largest absolute Gasteiger partial charge is 0.289 e. The minimum Gasteiger partial charge on any atom is -0.289 e. The van der Waals surface area contributed by atoms with Crippen molar-refractivity contribution >= 4 is 33.6 Å². The highest BCUT2D eigenvalue weighted by molar-refractivity contribution is 9.10. The fourth-order valence-electron chi connectivity index (χ4n) is 1.36. The summed E-state index contributed by atoms with van der Waals surface area (Å²) >= 11 is 4.89. The van der Waals surface area contributed by atoms with Crippen molar-refractivity contribution in [2.75, 3.05) is 0 Å². The van der Waals surface area contributed by atoms with Crippen molar-refractivity contribution in [3.8, 4) is 0 Å². The van der Waals surface area contributed by atoms with Gasteiger partial charge in [0.15, 0.2) is 0 Å². The van der Waals surface area contributed by atoms with Crippen LogP contribution in [0.5, 0.6) is 0 Å². The van der Waals surface area contributed by atoms with Crippen molar-refractivity contribution in [3.63, 3.8) is 0 Å². The van der Waals surface area contributed by atoms with Crippen molar-refractivity contribution in [2.24, 2.45) is 5.84 Å². The van der Waals surface area contributed by atoms with Gasteiger partial charge in [0.1, 0.15) is 5.69 Å². The number of amides is 1. The van der Waals surface area contributed by atoms with E-state index in [1.165, 1.54) is 0 Å². The average molecular weight is 339 g/mol. The Morgan fingerprint density at radius 1 is 1.37 bits per heavy atom. The molecular formula is C12H11BrN4OS. The normalized spacial score (nSPS) is 10.2. The number of nitrogen functional groups attached to an aromatic ring is 1. The number of nitrogens with one attached hydrogen (secondary N) is 1. The summed E-state index contributed by atoms with van der Waals surface area (Å²) in [6.07, 6.45) is 1.74. The summed E-state index contributed by atoms with van der Waals surface area (Å²) in [4.78, 5) is 19.8. The molecule has 2 aromatic rings. The molecule has 7 heteroatoms. The second-order valence-electron chi connectivity index (χ2n) is 3.59. The molecule has 0 aliphatic rings. The van der Waals surface area contributed by atoms with E-state index in [-0.39, 0.29) is 0 Å². The number of pyridine rings is 2. The Balaban J connectivity index is 2.03. The minimum atomic E-state index is -0.395. The van der Waals surface area contributed by atoms with Crippen molar-refractivity contribution in [1.29, 1.82) is 0 Å². The number of thioether (sulfide) groups is 1. The molecule has 0 fully saturated rings. The number of nitrogens with two attached hydrogens (primary N) is 1. The topological polar surface area (TPSA) is 80.9 Å². The summed E-state index contributed by atoms with van der Waals surface area (Å²) in [7, 11) is 0. The highest BCUT2D eigenvalue weighted by Crippen LogP contribution is 2.21. The molecule has 2 rings (SSSR count). The van der Waals surface area contributed by atoms with Crippen LogP contribution in [-0.2, 0) is 5.75 Å². The Morgan fingerprint density at radius 3 is 2.89 bits per heavy atom. The fraction of sp³-hybridized carbons (Fsp3) is 0.0833. The molecule has 0 saturated heterocycles. The maximum absolute atomic E-state index is 11.4. The summed E-state index contributed by atoms with van der Waals surface area (Å²) in [5.74, 6) is 5.32. The maximum Gasteiger partial charge on any atom is 0.283 e. The van der Waals surface area contributed by atoms with Gasteiger partial charge in [0, 0.05) is 16.4 Å². The molecule has 19 heavy (non-hydrogen) atoms. The van der Waals surface area contributed by atoms with E-state index in [1.54, 1.807) is 30.1 Å². The Kier molecular flexibility index (Phi) is 4.89. The van der Waals surface area contributed by atoms with E-state index in [0.29, 0.717) is 11.4 Å². The Labute approximate surface area is 123 Å². The second-order valence-corrected chi connectivity index (χ2v) is 5.50. The zero-order chi connectivity index (χ0) is 13.7. The molecule has 0 bridgehead atoms. The van der Waals surface area contributed by atoms with Gasteiger partial charge in [0.2, 0.25) is 0 Å². The van der Waals surface area contributed by atoms with Gasteiger partial charge >= 0.3 is 0 Å². The number of rotatable bonds is 4. The summed E-state index contributed by atoms with van der Waals surface area (Å²) in [5, 5.41) is 0.902. The number of hydrogen-bond donors (Lipinski definition) is 2. The number of carbonyl (C=O) groups excluding carboxylic acids is 1. The van der Waals surface area contributed by atoms with Crippen LogP contribution in [0, 0.1) is 0 Å². The van der Waals surface area contributed by atoms with Gasteiger partial charge < -0.3 is 0 Å². The first-order valence-corrected chi connectivity index (χ1v) is 7.18. The fourth-order valence-corrected chi connectivity index (χ4v) is 2.34. The summed E-state index contributed by atoms with van der Waals surface area (Å²) in [5.41, 5.74) is 3.17. The average Bonchev–Trinajstić information content (AvgIpc) is 2.46. The highest BCUT2D eigenvalue weighted by Gasteiger charge is 2.06. The monoisotopic (exact) mass is 338 g/mol. The highest BCUT2D eigenvalue weighted by atomic mass is 79.9. The summed E-state index contributed by atoms with van der Waals surface area (Å²) < 4.78 is 0.941. The van der Waals surface area contributed by atoms with E-state index in [2.05, 4.69) is 31.3 Å². The van der Waals surface area contributed by atoms with Gasteiger partial charge in [0.05, 0.1) is 10.7 Å². The molecular weight excluding hydrogens is 328 g/mol. The van der Waals surface area contributed by atoms with Crippen LogP contribution >= 0.6 is 27.7 Å². The maximum atomic E-state index is 11.4. The third-order valence-corrected chi connectivity index (χ3v) is 3.69. The molecule has 2 heterocycles. The van der Waals surface area contributed by atoms with Crippen LogP contribution in [-0.4, -0.2) is 15.9 Å². The molecule has 2 aromatic heterocycles. The van der Waals surface area contributed by atoms with Crippen LogP contribution in [0.25, 0.3) is 0 Å². The lowest BCUT2D eigenvalue weighted by Gasteiger charge is -2.03. The quantitative estimate of drug-likeness (QED) is 0.386. The summed E-state index contributed by atoms with van der Waals surface area (Å²) in [6, 6.07) is 9.11. The van der Waals surface area contributed by atoms with E-state index < -0.39 is 5.91 Å². The smallest absolute Gasteiger partial charge is 0.283 e. The lowest BCUT2D eigenvalue weighted by Crippen LogP contribution is -2.30. The first kappa shape index (κ1) is 14.0. The van der Waals surface area contributed by atoms with Crippen LogP contribution in [0.3, 0.4) is 0 Å². The number of carbonyl (C=O) groups is 1. The second kappa shape index (κ2) is 6.65. The lowest BCUT2D eigenvalue weighted by molar-refractivity contribution is 0.0948. The molecule has 0 atom stereocenters. The van der Waals surface area contributed by atoms with Gasteiger partial charge in [-0.25, -0.2) is 15.8 Å². The van der Waals surface area contributed by atoms with Crippen LogP contribution in [0.4, 0.5) is 0 Å². The van der Waals surface area contributed by atoms with E-state index in [0.717, 1.165) is 15.2 Å². The molecule has 0 saturated carbocycles. The van der Waals surface area contributed by atoms with Crippen LogP contribution < -0.4 is 11.3 Å². The molecule has 0 aliphatic heterocycles. The molecule has 1 amide bonds. The zero-order valence-electron chi connectivity index (χ0n) is 9.84. The number of hydrazine groups is 1. The Bertz CT molecular complexity index is 576. The predicted octanol–water partition coefficient (Wildman–Crippen LogP) is 2.13. The Hall–Kier alpha value is -1.44. The zero-order valence-corrected chi connectivity index (χ0v) is 12.2. The third kappa shape index (κ3) is 4.02. The van der Waals surface area contributed by atoms with Crippen LogP contribution in [0.15, 0.2) is 46.0 Å². The van der Waals surface area contributed by atoms with E-state index in [4.69, 9.17) is 5.84 Å². The van der Waals surface area contributed by atoms with Crippen molar-refractivity contribution in [2.45, 2.75) is 10.8 Å². The van der Waals surface area contributed by atoms with Gasteiger partial charge in [-0.3, -0.25) is 10.2 Å². The molecule has 3 N–H and O–H groups in total. The van der Waals surface area contributed by atoms with Crippen molar-refractivity contribution in [1.82, 2.24) is 15.4 Å². The van der Waals surface area contributed by atoms with Crippen LogP contribution in [0.1, 0.15) is 16.2 Å². The molecule has 0 aliphatic carbocycles. The molecule has 0 spiro atoms. The number of hydrogen-bond acceptors (Lipinski definition) is 5. The number of halogens is 1. The van der Waals surface area contributed by atoms with E-state index in [1.807, 2.05) is 18.2 Å². The van der Waals surface area contributed by atoms with E-state index >= 15 is 0 Å².